The number of carbonyl (C=O) groups is 3. The van der Waals surface area contributed by atoms with E-state index in [1.54, 1.807) is 77.9 Å². The number of hydrogen-bond donors (Lipinski definition) is 2. The van der Waals surface area contributed by atoms with E-state index in [-0.39, 0.29) is 31.0 Å². The molecule has 2 N–H and O–H groups in total. The molecule has 3 rings (SSSR count). The number of cyclic esters (lactones) is 1. The number of nitrogens with zero attached hydrogens (tertiary/aromatic N) is 2. The van der Waals surface area contributed by atoms with Crippen molar-refractivity contribution in [2.45, 2.75) is 116 Å². The van der Waals surface area contributed by atoms with Gasteiger partial charge in [-0.1, -0.05) is 62.5 Å². The van der Waals surface area contributed by atoms with E-state index in [0.29, 0.717) is 18.4 Å². The smallest absolute Gasteiger partial charge is 0.308 e. The molecule has 0 bridgehead atoms. The predicted molar refractivity (Wildman–Crippen MR) is 195 cm³/mol. The Labute approximate surface area is 313 Å². The van der Waals surface area contributed by atoms with Crippen molar-refractivity contribution in [1.29, 1.82) is 5.26 Å². The number of aliphatic hydroxyl groups is 2. The quantitative estimate of drug-likeness (QED) is 0.211. The largest absolute Gasteiger partial charge is 0.461 e. The summed E-state index contributed by atoms with van der Waals surface area (Å²) in [6.07, 6.45) is -0.774. The fourth-order valence-corrected chi connectivity index (χ4v) is 6.93. The number of halogens is 1. The highest BCUT2D eigenvalue weighted by Gasteiger charge is 2.48. The average Bonchev–Trinajstić information content (AvgIpc) is 3.12. The van der Waals surface area contributed by atoms with Gasteiger partial charge in [0.15, 0.2) is 12.1 Å². The van der Waals surface area contributed by atoms with Gasteiger partial charge in [0.1, 0.15) is 42.9 Å². The van der Waals surface area contributed by atoms with E-state index in [2.05, 4.69) is 17.9 Å². The number of hydrogen-bond acceptors (Lipinski definition) is 11. The van der Waals surface area contributed by atoms with Crippen LogP contribution in [0.4, 0.5) is 4.39 Å². The minimum Gasteiger partial charge on any atom is -0.461 e. The van der Waals surface area contributed by atoms with Gasteiger partial charge in [0.2, 0.25) is 0 Å². The average molecular weight is 739 g/mol. The zero-order valence-corrected chi connectivity index (χ0v) is 31.8. The van der Waals surface area contributed by atoms with Crippen LogP contribution >= 0.6 is 0 Å². The summed E-state index contributed by atoms with van der Waals surface area (Å²) in [6.45, 7) is 8.79. The number of likely N-dealkylation sites (N-methyl/N-ethyl adjacent to an activating group) is 1. The predicted octanol–water partition coefficient (Wildman–Crippen LogP) is 4.34. The molecule has 0 aromatic heterocycles. The van der Waals surface area contributed by atoms with Gasteiger partial charge in [0.25, 0.3) is 0 Å². The molecule has 0 saturated carbocycles. The van der Waals surface area contributed by atoms with Crippen molar-refractivity contribution >= 4 is 18.0 Å². The van der Waals surface area contributed by atoms with E-state index >= 15 is 0 Å². The summed E-state index contributed by atoms with van der Waals surface area (Å²) >= 11 is 0. The molecule has 11 nitrogen and oxygen atoms in total. The fraction of sp³-hybridized carbons (Fsp3) is 0.610. The Bertz CT molecular complexity index is 1530. The molecule has 12 heteroatoms. The number of benzene rings is 1. The third-order valence-electron chi connectivity index (χ3n) is 10.0. The van der Waals surface area contributed by atoms with Crippen molar-refractivity contribution in [3.63, 3.8) is 0 Å². The van der Waals surface area contributed by atoms with Crippen LogP contribution in [0.25, 0.3) is 0 Å². The van der Waals surface area contributed by atoms with Gasteiger partial charge < -0.3 is 38.9 Å². The molecule has 2 aliphatic rings. The first kappa shape index (κ1) is 43.7. The van der Waals surface area contributed by atoms with Crippen molar-refractivity contribution in [1.82, 2.24) is 4.90 Å². The third kappa shape index (κ3) is 12.7. The van der Waals surface area contributed by atoms with Crippen molar-refractivity contribution in [2.24, 2.45) is 23.7 Å². The zero-order valence-electron chi connectivity index (χ0n) is 31.8. The number of ketones is 1. The summed E-state index contributed by atoms with van der Waals surface area (Å²) < 4.78 is 37.8. The lowest BCUT2D eigenvalue weighted by molar-refractivity contribution is -0.307. The molecule has 0 unspecified atom stereocenters. The molecule has 1 aromatic carbocycles. The number of nitriles is 1. The second-order valence-corrected chi connectivity index (χ2v) is 14.4. The molecule has 0 aliphatic carbocycles. The van der Waals surface area contributed by atoms with Gasteiger partial charge in [0, 0.05) is 24.7 Å². The first-order valence-corrected chi connectivity index (χ1v) is 18.3. The Hall–Kier alpha value is -3.75. The SMILES string of the molecule is CC[C@H]1OC(=O)C[C@@H](O)[C@H](C)[C@@H](O[C@@H]2O[C@H](C)[C@@H](OCC#CCc3ccc(F)cc3)[C@H](N(C)C)[C@H]2O)[C@@H](CC=O)C[C@@H](C)C(=O)/C=C/C(C)=C/[C@@H]1C#N. The standard InChI is InChI=1S/C41H55FN2O9/c1-8-35-31(24-43)21-25(2)12-17-33(46)26(3)22-30(18-19-45)39(27(4)34(47)23-36(48)52-35)53-41-38(49)37(44(6)7)40(28(5)51-41)50-20-10-9-11-29-13-15-32(42)16-14-29/h12-17,19,21,26-28,30-31,34-35,37-41,47,49H,8,11,18,20,22-23H2,1-7H3/b17-12+,25-21+/t26-,27+,28-,30+,31-,34-,35-,37-,38-,39-,40-,41+/m1/s1. The van der Waals surface area contributed by atoms with E-state index in [9.17, 15) is 34.2 Å². The van der Waals surface area contributed by atoms with E-state index in [1.165, 1.54) is 18.2 Å². The summed E-state index contributed by atoms with van der Waals surface area (Å²) in [5.74, 6) is 2.05. The maximum atomic E-state index is 13.3. The van der Waals surface area contributed by atoms with E-state index in [0.717, 1.165) is 11.8 Å². The summed E-state index contributed by atoms with van der Waals surface area (Å²) in [7, 11) is 3.58. The minimum absolute atomic E-state index is 0.0218. The van der Waals surface area contributed by atoms with Crippen LogP contribution in [0.2, 0.25) is 0 Å². The number of aldehydes is 1. The van der Waals surface area contributed by atoms with Gasteiger partial charge in [0.05, 0.1) is 36.8 Å². The Morgan fingerprint density at radius 3 is 2.40 bits per heavy atom. The second kappa shape index (κ2) is 21.2. The first-order valence-electron chi connectivity index (χ1n) is 18.3. The molecule has 290 valence electrons. The van der Waals surface area contributed by atoms with Crippen LogP contribution < -0.4 is 0 Å². The summed E-state index contributed by atoms with van der Waals surface area (Å²) in [4.78, 5) is 40.3. The molecule has 1 fully saturated rings. The Morgan fingerprint density at radius 1 is 1.08 bits per heavy atom. The van der Waals surface area contributed by atoms with Gasteiger partial charge in [-0.3, -0.25) is 9.59 Å². The van der Waals surface area contributed by atoms with Gasteiger partial charge in [-0.05, 0) is 70.5 Å². The second-order valence-electron chi connectivity index (χ2n) is 14.4. The molecule has 2 heterocycles. The van der Waals surface area contributed by atoms with Crippen molar-refractivity contribution < 1.29 is 47.9 Å². The van der Waals surface area contributed by atoms with Crippen LogP contribution in [0, 0.1) is 52.7 Å². The van der Waals surface area contributed by atoms with Crippen molar-refractivity contribution in [2.75, 3.05) is 20.7 Å². The van der Waals surface area contributed by atoms with E-state index < -0.39 is 85.0 Å². The fourth-order valence-electron chi connectivity index (χ4n) is 6.93. The molecular weight excluding hydrogens is 683 g/mol. The maximum Gasteiger partial charge on any atom is 0.308 e. The first-order chi connectivity index (χ1) is 25.2. The Balaban J connectivity index is 1.89. The topological polar surface area (TPSA) is 156 Å². The van der Waals surface area contributed by atoms with Crippen LogP contribution in [0.3, 0.4) is 0 Å². The summed E-state index contributed by atoms with van der Waals surface area (Å²) in [6, 6.07) is 7.63. The highest BCUT2D eigenvalue weighted by molar-refractivity contribution is 5.91. The van der Waals surface area contributed by atoms with Crippen LogP contribution in [0.15, 0.2) is 48.1 Å². The van der Waals surface area contributed by atoms with Gasteiger partial charge in [-0.25, -0.2) is 4.39 Å². The van der Waals surface area contributed by atoms with Crippen LogP contribution in [0.1, 0.15) is 65.9 Å². The summed E-state index contributed by atoms with van der Waals surface area (Å²) in [5, 5.41) is 33.0. The number of ether oxygens (including phenoxy) is 4. The van der Waals surface area contributed by atoms with Crippen LogP contribution in [-0.4, -0.2) is 103 Å². The van der Waals surface area contributed by atoms with E-state index in [1.807, 2.05) is 0 Å². The molecule has 2 aliphatic heterocycles. The maximum absolute atomic E-state index is 13.3. The lowest BCUT2D eigenvalue weighted by atomic mass is 9.79. The summed E-state index contributed by atoms with van der Waals surface area (Å²) in [5.41, 5.74) is 1.51. The molecule has 0 spiro atoms. The highest BCUT2D eigenvalue weighted by atomic mass is 19.1. The number of rotatable bonds is 9. The number of esters is 1. The number of allylic oxidation sites excluding steroid dienone is 3. The molecule has 0 radical (unpaired) electrons. The molecule has 1 aromatic rings. The highest BCUT2D eigenvalue weighted by Crippen LogP contribution is 2.35. The molecule has 1 saturated heterocycles. The van der Waals surface area contributed by atoms with E-state index in [4.69, 9.17) is 18.9 Å². The minimum atomic E-state index is -1.30. The number of aliphatic hydroxyl groups excluding tert-OH is 2. The lowest BCUT2D eigenvalue weighted by Gasteiger charge is -2.47. The molecular formula is C41H55FN2O9. The number of carbonyl (C=O) groups excluding carboxylic acids is 3. The molecule has 0 amide bonds. The Kier molecular flexibility index (Phi) is 17.5. The lowest BCUT2D eigenvalue weighted by Crippen LogP contribution is -2.64. The van der Waals surface area contributed by atoms with Gasteiger partial charge >= 0.3 is 5.97 Å². The van der Waals surface area contributed by atoms with Gasteiger partial charge in [-0.15, -0.1) is 0 Å². The Morgan fingerprint density at radius 2 is 1.77 bits per heavy atom. The monoisotopic (exact) mass is 738 g/mol. The molecule has 53 heavy (non-hydrogen) atoms. The zero-order chi connectivity index (χ0) is 39.2. The molecule has 12 atom stereocenters. The van der Waals surface area contributed by atoms with Crippen LogP contribution in [-0.2, 0) is 39.8 Å². The third-order valence-corrected chi connectivity index (χ3v) is 10.0. The normalized spacial score (nSPS) is 34.9. The van der Waals surface area contributed by atoms with Crippen molar-refractivity contribution in [3.05, 3.63) is 59.4 Å². The van der Waals surface area contributed by atoms with Crippen LogP contribution in [0.5, 0.6) is 0 Å². The van der Waals surface area contributed by atoms with Crippen molar-refractivity contribution in [3.8, 4) is 17.9 Å². The van der Waals surface area contributed by atoms with Gasteiger partial charge in [-0.2, -0.15) is 5.26 Å².